The Morgan fingerprint density at radius 2 is 1.34 bits per heavy atom. The van der Waals surface area contributed by atoms with Crippen LogP contribution in [-0.2, 0) is 34.6 Å². The number of anilines is 1. The van der Waals surface area contributed by atoms with Crippen LogP contribution in [-0.4, -0.2) is 102 Å². The van der Waals surface area contributed by atoms with Gasteiger partial charge >= 0.3 is 6.03 Å². The van der Waals surface area contributed by atoms with Crippen LogP contribution < -0.4 is 25.0 Å². The molecule has 2 saturated heterocycles. The fourth-order valence-corrected chi connectivity index (χ4v) is 6.51. The molecule has 250 valence electrons. The highest BCUT2D eigenvalue weighted by Crippen LogP contribution is 2.35. The lowest BCUT2D eigenvalue weighted by Gasteiger charge is -2.47. The fraction of sp³-hybridized carbons (Fsp3) is 0.344. The molecule has 0 spiro atoms. The number of imide groups is 2. The van der Waals surface area contributed by atoms with Gasteiger partial charge in [-0.1, -0.05) is 30.3 Å². The Hall–Kier alpha value is -4.38. The largest absolute Gasteiger partial charge is 0.457 e. The molecule has 0 aromatic heterocycles. The number of benzene rings is 3. The Morgan fingerprint density at radius 1 is 0.745 bits per heavy atom. The highest BCUT2D eigenvalue weighted by molar-refractivity contribution is 7.89. The first-order chi connectivity index (χ1) is 22.7. The Bertz CT molecular complexity index is 1610. The van der Waals surface area contributed by atoms with E-state index in [0.29, 0.717) is 49.8 Å². The van der Waals surface area contributed by atoms with Gasteiger partial charge in [0.15, 0.2) is 0 Å². The van der Waals surface area contributed by atoms with E-state index >= 15 is 0 Å². The first kappa shape index (κ1) is 34.0. The van der Waals surface area contributed by atoms with Crippen molar-refractivity contribution in [2.24, 2.45) is 0 Å². The molecular weight excluding hydrogens is 630 g/mol. The summed E-state index contributed by atoms with van der Waals surface area (Å²) in [5, 5.41) is 13.2. The number of hydrogen-bond donors (Lipinski definition) is 4. The number of aliphatic hydroxyl groups excluding tert-OH is 1. The average molecular weight is 668 g/mol. The van der Waals surface area contributed by atoms with Crippen LogP contribution in [0.2, 0.25) is 0 Å². The van der Waals surface area contributed by atoms with Crippen molar-refractivity contribution in [1.29, 1.82) is 0 Å². The third-order valence-corrected chi connectivity index (χ3v) is 9.25. The number of urea groups is 1. The fourth-order valence-electron chi connectivity index (χ4n) is 5.50. The molecule has 0 aliphatic carbocycles. The summed E-state index contributed by atoms with van der Waals surface area (Å²) in [6, 6.07) is 21.4. The Morgan fingerprint density at radius 3 is 1.96 bits per heavy atom. The molecule has 3 aromatic carbocycles. The van der Waals surface area contributed by atoms with Crippen LogP contribution in [0.5, 0.6) is 11.5 Å². The molecule has 0 unspecified atom stereocenters. The summed E-state index contributed by atoms with van der Waals surface area (Å²) < 4.78 is 44.3. The number of piperazine rings is 1. The third-order valence-electron chi connectivity index (χ3n) is 7.77. The van der Waals surface area contributed by atoms with E-state index in [4.69, 9.17) is 19.3 Å². The van der Waals surface area contributed by atoms with E-state index in [1.165, 1.54) is 12.1 Å². The highest BCUT2D eigenvalue weighted by atomic mass is 32.2. The number of sulfonamides is 1. The van der Waals surface area contributed by atoms with Gasteiger partial charge in [0, 0.05) is 38.4 Å². The number of hydrogen-bond acceptors (Lipinski definition) is 11. The topological polar surface area (TPSA) is 176 Å². The summed E-state index contributed by atoms with van der Waals surface area (Å²) in [6.45, 7) is 2.44. The molecule has 15 heteroatoms. The van der Waals surface area contributed by atoms with E-state index in [9.17, 15) is 22.8 Å². The van der Waals surface area contributed by atoms with Crippen molar-refractivity contribution in [1.82, 2.24) is 20.3 Å². The van der Waals surface area contributed by atoms with Crippen molar-refractivity contribution in [2.45, 2.75) is 10.4 Å². The molecule has 4 N–H and O–H groups in total. The zero-order valence-corrected chi connectivity index (χ0v) is 26.4. The van der Waals surface area contributed by atoms with E-state index in [-0.39, 0.29) is 37.9 Å². The molecular formula is C32H37N5O9S. The van der Waals surface area contributed by atoms with Crippen molar-refractivity contribution in [2.75, 3.05) is 70.7 Å². The molecule has 2 aliphatic heterocycles. The van der Waals surface area contributed by atoms with E-state index in [1.807, 2.05) is 35.2 Å². The van der Waals surface area contributed by atoms with Gasteiger partial charge in [-0.2, -0.15) is 0 Å². The zero-order chi connectivity index (χ0) is 33.3. The van der Waals surface area contributed by atoms with Gasteiger partial charge in [0.1, 0.15) is 11.5 Å². The molecule has 0 saturated carbocycles. The van der Waals surface area contributed by atoms with Crippen molar-refractivity contribution in [3.63, 3.8) is 0 Å². The molecule has 0 bridgehead atoms. The van der Waals surface area contributed by atoms with Crippen molar-refractivity contribution < 1.29 is 42.1 Å². The molecule has 0 atom stereocenters. The lowest BCUT2D eigenvalue weighted by molar-refractivity contribution is -0.149. The summed E-state index contributed by atoms with van der Waals surface area (Å²) in [5.41, 5.74) is -0.624. The number of carbonyl (C=O) groups is 3. The summed E-state index contributed by atoms with van der Waals surface area (Å²) in [6.07, 6.45) is 0. The van der Waals surface area contributed by atoms with Gasteiger partial charge < -0.3 is 24.2 Å². The number of nitrogens with zero attached hydrogens (tertiary/aromatic N) is 2. The summed E-state index contributed by atoms with van der Waals surface area (Å²) in [5.74, 6) is -0.325. The van der Waals surface area contributed by atoms with E-state index in [2.05, 4.69) is 15.4 Å². The molecule has 2 aliphatic rings. The maximum atomic E-state index is 13.5. The lowest BCUT2D eigenvalue weighted by Crippen LogP contribution is -2.73. The normalized spacial score (nSPS) is 16.9. The quantitative estimate of drug-likeness (QED) is 0.135. The second-order valence-electron chi connectivity index (χ2n) is 10.7. The third kappa shape index (κ3) is 7.96. The van der Waals surface area contributed by atoms with Gasteiger partial charge in [-0.15, -0.1) is 0 Å². The second-order valence-corrected chi connectivity index (χ2v) is 12.5. The lowest BCUT2D eigenvalue weighted by atomic mass is 9.84. The molecule has 2 heterocycles. The number of para-hydroxylation sites is 1. The minimum Gasteiger partial charge on any atom is -0.457 e. The van der Waals surface area contributed by atoms with Gasteiger partial charge in [0.2, 0.25) is 15.6 Å². The number of barbiturate groups is 1. The molecule has 47 heavy (non-hydrogen) atoms. The van der Waals surface area contributed by atoms with Gasteiger partial charge in [-0.25, -0.2) is 17.9 Å². The predicted molar refractivity (Wildman–Crippen MR) is 170 cm³/mol. The molecule has 4 amide bonds. The number of aliphatic hydroxyl groups is 1. The van der Waals surface area contributed by atoms with E-state index < -0.39 is 33.4 Å². The standard InChI is InChI=1S/C32H37N5O9S/c38-19-21-45-23-22-44-20-14-33-47(42,43)28-12-8-25(9-13-28)36-15-17-37(18-16-36)32(29(39)34-31(41)35-30(32)40)24-6-10-27(11-7-24)46-26-4-2-1-3-5-26/h1-13,33,38H,14-23H2,(H2,34,35,39,40,41). The molecule has 2 fully saturated rings. The predicted octanol–water partition coefficient (Wildman–Crippen LogP) is 1.17. The minimum atomic E-state index is -3.76. The SMILES string of the molecule is O=C1NC(=O)C(c2ccc(Oc3ccccc3)cc2)(N2CCN(c3ccc(S(=O)(=O)NCCOCCOCCO)cc3)CC2)C(=O)N1. The maximum absolute atomic E-state index is 13.5. The van der Waals surface area contributed by atoms with Gasteiger partial charge in [-0.05, 0) is 54.1 Å². The van der Waals surface area contributed by atoms with Crippen LogP contribution in [0.1, 0.15) is 5.56 Å². The average Bonchev–Trinajstić information content (AvgIpc) is 3.07. The van der Waals surface area contributed by atoms with Crippen molar-refractivity contribution in [3.05, 3.63) is 84.4 Å². The number of nitrogens with one attached hydrogen (secondary N) is 3. The number of amides is 4. The summed E-state index contributed by atoms with van der Waals surface area (Å²) in [7, 11) is -3.76. The van der Waals surface area contributed by atoms with Crippen LogP contribution in [0.4, 0.5) is 10.5 Å². The highest BCUT2D eigenvalue weighted by Gasteiger charge is 2.56. The van der Waals surface area contributed by atoms with Crippen molar-refractivity contribution >= 4 is 33.6 Å². The minimum absolute atomic E-state index is 0.0717. The summed E-state index contributed by atoms with van der Waals surface area (Å²) >= 11 is 0. The van der Waals surface area contributed by atoms with Crippen molar-refractivity contribution in [3.8, 4) is 11.5 Å². The summed E-state index contributed by atoms with van der Waals surface area (Å²) in [4.78, 5) is 42.9. The van der Waals surface area contributed by atoms with Crippen LogP contribution in [0.3, 0.4) is 0 Å². The maximum Gasteiger partial charge on any atom is 0.328 e. The zero-order valence-electron chi connectivity index (χ0n) is 25.6. The van der Waals surface area contributed by atoms with E-state index in [1.54, 1.807) is 41.3 Å². The first-order valence-electron chi connectivity index (χ1n) is 15.1. The molecule has 14 nitrogen and oxygen atoms in total. The van der Waals surface area contributed by atoms with Crippen LogP contribution in [0.25, 0.3) is 0 Å². The van der Waals surface area contributed by atoms with Gasteiger partial charge in [0.05, 0.1) is 37.9 Å². The van der Waals surface area contributed by atoms with Crippen LogP contribution in [0, 0.1) is 0 Å². The van der Waals surface area contributed by atoms with Crippen LogP contribution >= 0.6 is 0 Å². The number of rotatable bonds is 15. The van der Waals surface area contributed by atoms with Crippen LogP contribution in [0.15, 0.2) is 83.8 Å². The monoisotopic (exact) mass is 667 g/mol. The van der Waals surface area contributed by atoms with E-state index in [0.717, 1.165) is 5.69 Å². The van der Waals surface area contributed by atoms with Gasteiger partial charge in [-0.3, -0.25) is 25.1 Å². The van der Waals surface area contributed by atoms with Gasteiger partial charge in [0.25, 0.3) is 11.8 Å². The second kappa shape index (κ2) is 15.5. The number of carbonyl (C=O) groups excluding carboxylic acids is 3. The smallest absolute Gasteiger partial charge is 0.328 e. The first-order valence-corrected chi connectivity index (χ1v) is 16.6. The Balaban J connectivity index is 1.22. The molecule has 0 radical (unpaired) electrons. The molecule has 3 aromatic rings. The Labute approximate surface area is 272 Å². The Kier molecular flexibility index (Phi) is 11.2. The molecule has 5 rings (SSSR count). The number of ether oxygens (including phenoxy) is 3.